The fourth-order valence-electron chi connectivity index (χ4n) is 2.83. The van der Waals surface area contributed by atoms with Crippen LogP contribution in [0.15, 0.2) is 59.0 Å². The van der Waals surface area contributed by atoms with E-state index in [1.807, 2.05) is 24.3 Å². The van der Waals surface area contributed by atoms with Crippen LogP contribution in [0.2, 0.25) is 0 Å². The highest BCUT2D eigenvalue weighted by Crippen LogP contribution is 2.29. The first kappa shape index (κ1) is 16.7. The van der Waals surface area contributed by atoms with Gasteiger partial charge in [-0.05, 0) is 34.8 Å². The number of fused-ring (bicyclic) bond motifs is 1. The molecule has 4 heteroatoms. The number of benzene rings is 2. The Kier molecular flexibility index (Phi) is 3.96. The van der Waals surface area contributed by atoms with Gasteiger partial charge < -0.3 is 0 Å². The van der Waals surface area contributed by atoms with E-state index in [4.69, 9.17) is 0 Å². The molecule has 0 atom stereocenters. The van der Waals surface area contributed by atoms with Gasteiger partial charge in [0.25, 0.3) is 0 Å². The van der Waals surface area contributed by atoms with E-state index in [9.17, 15) is 13.2 Å². The van der Waals surface area contributed by atoms with E-state index in [1.165, 1.54) is 11.6 Å². The Morgan fingerprint density at radius 2 is 1.58 bits per heavy atom. The van der Waals surface area contributed by atoms with Crippen molar-refractivity contribution in [2.75, 3.05) is 5.75 Å². The van der Waals surface area contributed by atoms with Crippen LogP contribution in [0, 0.1) is 0 Å². The lowest BCUT2D eigenvalue weighted by Crippen LogP contribution is -2.24. The first-order valence-corrected chi connectivity index (χ1v) is 9.51. The minimum Gasteiger partial charge on any atom is -0.289 e. The molecule has 0 spiro atoms. The lowest BCUT2D eigenvalue weighted by molar-refractivity contribution is 0.103. The average molecular weight is 340 g/mol. The third kappa shape index (κ3) is 3.06. The van der Waals surface area contributed by atoms with Crippen LogP contribution in [-0.2, 0) is 15.3 Å². The summed E-state index contributed by atoms with van der Waals surface area (Å²) in [4.78, 5) is 12.7. The zero-order valence-corrected chi connectivity index (χ0v) is 14.9. The van der Waals surface area contributed by atoms with Crippen LogP contribution in [0.4, 0.5) is 0 Å². The maximum atomic E-state index is 12.6. The summed E-state index contributed by atoms with van der Waals surface area (Å²) in [6.45, 7) is 6.40. The number of hydrogen-bond acceptors (Lipinski definition) is 3. The Morgan fingerprint density at radius 3 is 2.21 bits per heavy atom. The summed E-state index contributed by atoms with van der Waals surface area (Å²) >= 11 is 0. The lowest BCUT2D eigenvalue weighted by atomic mass is 9.86. The van der Waals surface area contributed by atoms with E-state index in [2.05, 4.69) is 20.8 Å². The van der Waals surface area contributed by atoms with Crippen LogP contribution >= 0.6 is 0 Å². The molecular formula is C20H20O3S. The molecule has 0 aliphatic carbocycles. The predicted octanol–water partition coefficient (Wildman–Crippen LogP) is 4.04. The molecule has 0 saturated carbocycles. The average Bonchev–Trinajstić information content (AvgIpc) is 2.52. The monoisotopic (exact) mass is 340 g/mol. The Hall–Kier alpha value is -2.20. The SMILES string of the molecule is CC(C)(C)c1ccc(/C=C2\CS(=O)(=O)c3ccccc3C2=O)cc1. The zero-order chi connectivity index (χ0) is 17.5. The van der Waals surface area contributed by atoms with E-state index in [1.54, 1.807) is 24.3 Å². The highest BCUT2D eigenvalue weighted by molar-refractivity contribution is 7.91. The predicted molar refractivity (Wildman–Crippen MR) is 95.9 cm³/mol. The molecule has 2 aromatic rings. The fourth-order valence-corrected chi connectivity index (χ4v) is 4.40. The third-order valence-corrected chi connectivity index (χ3v) is 5.94. The normalized spacial score (nSPS) is 18.5. The third-order valence-electron chi connectivity index (χ3n) is 4.22. The minimum atomic E-state index is -3.46. The first-order chi connectivity index (χ1) is 11.2. The smallest absolute Gasteiger partial charge is 0.191 e. The molecule has 3 rings (SSSR count). The molecule has 0 fully saturated rings. The minimum absolute atomic E-state index is 0.0502. The largest absolute Gasteiger partial charge is 0.289 e. The van der Waals surface area contributed by atoms with Gasteiger partial charge in [0.15, 0.2) is 15.6 Å². The van der Waals surface area contributed by atoms with Crippen molar-refractivity contribution in [3.8, 4) is 0 Å². The Labute approximate surface area is 142 Å². The maximum Gasteiger partial charge on any atom is 0.191 e. The number of carbonyl (C=O) groups is 1. The number of sulfone groups is 1. The number of carbonyl (C=O) groups excluding carboxylic acids is 1. The summed E-state index contributed by atoms with van der Waals surface area (Å²) in [7, 11) is -3.46. The zero-order valence-electron chi connectivity index (χ0n) is 14.0. The van der Waals surface area contributed by atoms with E-state index < -0.39 is 9.84 Å². The van der Waals surface area contributed by atoms with Crippen molar-refractivity contribution in [1.29, 1.82) is 0 Å². The summed E-state index contributed by atoms with van der Waals surface area (Å²) in [5, 5.41) is 0. The van der Waals surface area contributed by atoms with Crippen LogP contribution in [0.3, 0.4) is 0 Å². The molecule has 0 bridgehead atoms. The van der Waals surface area contributed by atoms with Crippen LogP contribution in [0.5, 0.6) is 0 Å². The van der Waals surface area contributed by atoms with Crippen LogP contribution in [-0.4, -0.2) is 20.0 Å². The van der Waals surface area contributed by atoms with Gasteiger partial charge in [-0.25, -0.2) is 8.42 Å². The van der Waals surface area contributed by atoms with Crippen LogP contribution in [0.1, 0.15) is 42.3 Å². The van der Waals surface area contributed by atoms with Gasteiger partial charge in [-0.3, -0.25) is 4.79 Å². The van der Waals surface area contributed by atoms with Gasteiger partial charge in [-0.2, -0.15) is 0 Å². The molecule has 1 heterocycles. The summed E-state index contributed by atoms with van der Waals surface area (Å²) in [5.41, 5.74) is 2.66. The summed E-state index contributed by atoms with van der Waals surface area (Å²) in [6, 6.07) is 14.3. The highest BCUT2D eigenvalue weighted by atomic mass is 32.2. The number of rotatable bonds is 1. The van der Waals surface area contributed by atoms with Gasteiger partial charge in [0.1, 0.15) is 0 Å². The topological polar surface area (TPSA) is 51.2 Å². The number of ketones is 1. The first-order valence-electron chi connectivity index (χ1n) is 7.86. The second-order valence-electron chi connectivity index (χ2n) is 7.13. The Balaban J connectivity index is 2.02. The van der Waals surface area contributed by atoms with Crippen molar-refractivity contribution < 1.29 is 13.2 Å². The molecule has 0 aromatic heterocycles. The van der Waals surface area contributed by atoms with Crippen molar-refractivity contribution in [3.05, 3.63) is 70.8 Å². The van der Waals surface area contributed by atoms with Gasteiger partial charge in [0, 0.05) is 11.1 Å². The van der Waals surface area contributed by atoms with E-state index in [0.29, 0.717) is 5.57 Å². The van der Waals surface area contributed by atoms with Crippen LogP contribution in [0.25, 0.3) is 6.08 Å². The molecule has 0 unspecified atom stereocenters. The molecule has 0 amide bonds. The summed E-state index contributed by atoms with van der Waals surface area (Å²) in [5.74, 6) is -0.454. The Morgan fingerprint density at radius 1 is 0.958 bits per heavy atom. The van der Waals surface area contributed by atoms with Crippen molar-refractivity contribution in [3.63, 3.8) is 0 Å². The van der Waals surface area contributed by atoms with Gasteiger partial charge in [-0.15, -0.1) is 0 Å². The summed E-state index contributed by atoms with van der Waals surface area (Å²) in [6.07, 6.45) is 1.68. The second kappa shape index (κ2) is 5.71. The van der Waals surface area contributed by atoms with Crippen molar-refractivity contribution >= 4 is 21.7 Å². The Bertz CT molecular complexity index is 928. The molecule has 24 heavy (non-hydrogen) atoms. The van der Waals surface area contributed by atoms with Crippen molar-refractivity contribution in [1.82, 2.24) is 0 Å². The summed E-state index contributed by atoms with van der Waals surface area (Å²) < 4.78 is 24.8. The molecule has 1 aliphatic rings. The number of hydrogen-bond donors (Lipinski definition) is 0. The van der Waals surface area contributed by atoms with E-state index in [-0.39, 0.29) is 27.4 Å². The highest BCUT2D eigenvalue weighted by Gasteiger charge is 2.32. The number of Topliss-reactive ketones (excluding diaryl/α,β-unsaturated/α-hetero) is 1. The van der Waals surface area contributed by atoms with Gasteiger partial charge in [0.05, 0.1) is 10.6 Å². The van der Waals surface area contributed by atoms with Gasteiger partial charge in [0.2, 0.25) is 0 Å². The second-order valence-corrected chi connectivity index (χ2v) is 9.08. The van der Waals surface area contributed by atoms with E-state index >= 15 is 0 Å². The maximum absolute atomic E-state index is 12.6. The quantitative estimate of drug-likeness (QED) is 0.736. The van der Waals surface area contributed by atoms with E-state index in [0.717, 1.165) is 5.56 Å². The molecule has 0 saturated heterocycles. The standard InChI is InChI=1S/C20H20O3S/c1-20(2,3)16-10-8-14(9-11-16)12-15-13-24(22,23)18-7-5-4-6-17(18)19(15)21/h4-12H,13H2,1-3H3/b15-12+. The lowest BCUT2D eigenvalue weighted by Gasteiger charge is -2.19. The molecule has 0 N–H and O–H groups in total. The van der Waals surface area contributed by atoms with Gasteiger partial charge in [-0.1, -0.05) is 57.2 Å². The fraction of sp³-hybridized carbons (Fsp3) is 0.250. The van der Waals surface area contributed by atoms with Crippen LogP contribution < -0.4 is 0 Å². The molecule has 0 radical (unpaired) electrons. The molecule has 124 valence electrons. The molecule has 3 nitrogen and oxygen atoms in total. The van der Waals surface area contributed by atoms with Gasteiger partial charge >= 0.3 is 0 Å². The molecular weight excluding hydrogens is 320 g/mol. The molecule has 2 aromatic carbocycles. The molecule has 1 aliphatic heterocycles. The van der Waals surface area contributed by atoms with Crippen molar-refractivity contribution in [2.24, 2.45) is 0 Å². The van der Waals surface area contributed by atoms with Crippen molar-refractivity contribution in [2.45, 2.75) is 31.1 Å².